The summed E-state index contributed by atoms with van der Waals surface area (Å²) in [5.41, 5.74) is 1.47. The zero-order valence-corrected chi connectivity index (χ0v) is 20.6. The van der Waals surface area contributed by atoms with Crippen molar-refractivity contribution in [2.75, 3.05) is 19.7 Å². The number of aliphatic imine (C=N–C) groups is 1. The van der Waals surface area contributed by atoms with Gasteiger partial charge in [-0.15, -0.1) is 12.4 Å². The quantitative estimate of drug-likeness (QED) is 0.382. The maximum atomic E-state index is 12.0. The normalized spacial score (nSPS) is 13.2. The Kier molecular flexibility index (Phi) is 12.1. The lowest BCUT2D eigenvalue weighted by molar-refractivity contribution is -0.308. The van der Waals surface area contributed by atoms with Crippen LogP contribution < -0.4 is 25.8 Å². The van der Waals surface area contributed by atoms with E-state index in [9.17, 15) is 19.5 Å². The van der Waals surface area contributed by atoms with E-state index < -0.39 is 18.1 Å². The lowest BCUT2D eigenvalue weighted by atomic mass is 10.1. The van der Waals surface area contributed by atoms with Crippen molar-refractivity contribution in [2.24, 2.45) is 4.99 Å². The number of carbonyl (C=O) groups excluding carboxylic acids is 3. The molecule has 2 amide bonds. The third-order valence-corrected chi connectivity index (χ3v) is 5.12. The highest BCUT2D eigenvalue weighted by atomic mass is 35.5. The minimum atomic E-state index is -1.41. The largest absolute Gasteiger partial charge is 0.548 e. The van der Waals surface area contributed by atoms with E-state index in [4.69, 9.17) is 9.47 Å². The van der Waals surface area contributed by atoms with Gasteiger partial charge >= 0.3 is 6.09 Å². The Morgan fingerprint density at radius 2 is 1.81 bits per heavy atom. The molecule has 0 unspecified atom stereocenters. The van der Waals surface area contributed by atoms with Crippen molar-refractivity contribution in [3.63, 3.8) is 0 Å². The van der Waals surface area contributed by atoms with Gasteiger partial charge in [0.25, 0.3) is 0 Å². The van der Waals surface area contributed by atoms with Crippen LogP contribution in [0, 0.1) is 0 Å². The number of alkyl carbamates (subject to hydrolysis) is 1. The van der Waals surface area contributed by atoms with Crippen LogP contribution in [-0.4, -0.2) is 49.7 Å². The van der Waals surface area contributed by atoms with Crippen molar-refractivity contribution in [3.8, 4) is 5.75 Å². The van der Waals surface area contributed by atoms with Crippen LogP contribution in [0.15, 0.2) is 59.6 Å². The molecular formula is C25H30ClN4O6-. The van der Waals surface area contributed by atoms with Crippen LogP contribution in [0.5, 0.6) is 5.75 Å². The fourth-order valence-corrected chi connectivity index (χ4v) is 3.29. The van der Waals surface area contributed by atoms with E-state index in [1.54, 1.807) is 36.4 Å². The van der Waals surface area contributed by atoms with E-state index in [1.807, 2.05) is 18.2 Å². The average molecular weight is 518 g/mol. The molecule has 0 radical (unpaired) electrons. The molecule has 2 aromatic rings. The summed E-state index contributed by atoms with van der Waals surface area (Å²) in [5.74, 6) is -0.422. The van der Waals surface area contributed by atoms with Crippen molar-refractivity contribution < 1.29 is 29.0 Å². The van der Waals surface area contributed by atoms with E-state index in [1.165, 1.54) is 0 Å². The number of carboxylic acid groups (broad SMARTS) is 1. The molecule has 1 atom stereocenters. The summed E-state index contributed by atoms with van der Waals surface area (Å²) < 4.78 is 10.7. The third-order valence-electron chi connectivity index (χ3n) is 5.12. The van der Waals surface area contributed by atoms with Gasteiger partial charge in [0.15, 0.2) is 5.96 Å². The molecule has 2 aromatic carbocycles. The van der Waals surface area contributed by atoms with Crippen molar-refractivity contribution in [1.82, 2.24) is 16.0 Å². The molecule has 10 nitrogen and oxygen atoms in total. The molecular weight excluding hydrogens is 488 g/mol. The van der Waals surface area contributed by atoms with E-state index in [0.29, 0.717) is 43.3 Å². The number of guanidine groups is 1. The van der Waals surface area contributed by atoms with Crippen LogP contribution in [0.25, 0.3) is 0 Å². The molecule has 36 heavy (non-hydrogen) atoms. The standard InChI is InChI=1S/C25H30N4O6.ClH/c30-22(29-24-26-13-5-14-27-24)8-4-15-34-20-11-9-18(10-12-20)16-21(23(31)32)28-25(33)35-17-19-6-2-1-3-7-19;/h1-3,6-7,9-12,21H,4-5,8,13-17H2,(H,28,33)(H,31,32)(H2,26,27,29,30);1H/p-1/t21-;/m0./s1. The number of carboxylic acids is 1. The molecule has 0 fully saturated rings. The maximum Gasteiger partial charge on any atom is 0.408 e. The molecule has 3 N–H and O–H groups in total. The highest BCUT2D eigenvalue weighted by molar-refractivity contribution is 5.97. The second kappa shape index (κ2) is 15.3. The van der Waals surface area contributed by atoms with Crippen LogP contribution in [0.3, 0.4) is 0 Å². The smallest absolute Gasteiger partial charge is 0.408 e. The van der Waals surface area contributed by atoms with Gasteiger partial charge in [-0.25, -0.2) is 4.79 Å². The number of ether oxygens (including phenoxy) is 2. The van der Waals surface area contributed by atoms with Gasteiger partial charge in [0.1, 0.15) is 12.4 Å². The number of hydrogen-bond acceptors (Lipinski definition) is 8. The van der Waals surface area contributed by atoms with Crippen LogP contribution in [-0.2, 0) is 27.4 Å². The van der Waals surface area contributed by atoms with Crippen molar-refractivity contribution in [3.05, 3.63) is 65.7 Å². The fourth-order valence-electron chi connectivity index (χ4n) is 3.29. The number of benzene rings is 2. The SMILES string of the molecule is Cl.O=C(CCCOc1ccc(C[C@H](NC(=O)OCc2ccccc2)C(=O)[O-])cc1)NC1=NCCCN1. The van der Waals surface area contributed by atoms with Gasteiger partial charge in [-0.1, -0.05) is 42.5 Å². The average Bonchev–Trinajstić information content (AvgIpc) is 2.87. The van der Waals surface area contributed by atoms with Crippen LogP contribution >= 0.6 is 12.4 Å². The molecule has 1 aliphatic heterocycles. The van der Waals surface area contributed by atoms with Crippen molar-refractivity contribution in [1.29, 1.82) is 0 Å². The van der Waals surface area contributed by atoms with Crippen LogP contribution in [0.1, 0.15) is 30.4 Å². The first kappa shape index (κ1) is 28.4. The van der Waals surface area contributed by atoms with Gasteiger partial charge in [-0.3, -0.25) is 15.1 Å². The Morgan fingerprint density at radius 1 is 1.06 bits per heavy atom. The number of halogens is 1. The molecule has 1 heterocycles. The second-order valence-electron chi connectivity index (χ2n) is 7.94. The van der Waals surface area contributed by atoms with Gasteiger partial charge < -0.3 is 30.0 Å². The molecule has 1 aliphatic rings. The summed E-state index contributed by atoms with van der Waals surface area (Å²) in [4.78, 5) is 39.6. The molecule has 11 heteroatoms. The van der Waals surface area contributed by atoms with Gasteiger partial charge in [0, 0.05) is 19.5 Å². The predicted molar refractivity (Wildman–Crippen MR) is 134 cm³/mol. The predicted octanol–water partition coefficient (Wildman–Crippen LogP) is 1.32. The van der Waals surface area contributed by atoms with Gasteiger partial charge in [-0.05, 0) is 42.5 Å². The summed E-state index contributed by atoms with van der Waals surface area (Å²) in [6.45, 7) is 1.89. The Hall–Kier alpha value is -3.79. The zero-order chi connectivity index (χ0) is 24.9. The Morgan fingerprint density at radius 3 is 2.47 bits per heavy atom. The number of amides is 2. The number of hydrogen-bond donors (Lipinski definition) is 3. The van der Waals surface area contributed by atoms with E-state index in [0.717, 1.165) is 18.5 Å². The molecule has 0 bridgehead atoms. The van der Waals surface area contributed by atoms with E-state index in [-0.39, 0.29) is 31.3 Å². The fraction of sp³-hybridized carbons (Fsp3) is 0.360. The number of carbonyl (C=O) groups is 3. The minimum Gasteiger partial charge on any atom is -0.548 e. The lowest BCUT2D eigenvalue weighted by Crippen LogP contribution is -2.49. The summed E-state index contributed by atoms with van der Waals surface area (Å²) in [7, 11) is 0. The third kappa shape index (κ3) is 10.2. The highest BCUT2D eigenvalue weighted by Gasteiger charge is 2.15. The van der Waals surface area contributed by atoms with E-state index >= 15 is 0 Å². The number of nitrogens with one attached hydrogen (secondary N) is 3. The first-order chi connectivity index (χ1) is 17.0. The topological polar surface area (TPSA) is 141 Å². The molecule has 0 spiro atoms. The molecule has 3 rings (SSSR count). The lowest BCUT2D eigenvalue weighted by Gasteiger charge is -2.20. The molecule has 0 aromatic heterocycles. The summed E-state index contributed by atoms with van der Waals surface area (Å²) >= 11 is 0. The first-order valence-corrected chi connectivity index (χ1v) is 11.5. The number of nitrogens with zero attached hydrogens (tertiary/aromatic N) is 1. The number of aliphatic carboxylic acids is 1. The molecule has 0 saturated heterocycles. The van der Waals surface area contributed by atoms with Gasteiger partial charge in [-0.2, -0.15) is 0 Å². The Balaban J connectivity index is 0.00000456. The van der Waals surface area contributed by atoms with Crippen molar-refractivity contribution in [2.45, 2.75) is 38.3 Å². The molecule has 194 valence electrons. The Labute approximate surface area is 215 Å². The molecule has 0 saturated carbocycles. The highest BCUT2D eigenvalue weighted by Crippen LogP contribution is 2.14. The second-order valence-corrected chi connectivity index (χ2v) is 7.94. The monoisotopic (exact) mass is 517 g/mol. The van der Waals surface area contributed by atoms with Gasteiger partial charge in [0.05, 0.1) is 18.6 Å². The summed E-state index contributed by atoms with van der Waals surface area (Å²) in [5, 5.41) is 19.6. The van der Waals surface area contributed by atoms with E-state index in [2.05, 4.69) is 20.9 Å². The van der Waals surface area contributed by atoms with Crippen molar-refractivity contribution >= 4 is 36.3 Å². The summed E-state index contributed by atoms with van der Waals surface area (Å²) in [6.07, 6.45) is 0.984. The van der Waals surface area contributed by atoms with Crippen LogP contribution in [0.4, 0.5) is 4.79 Å². The maximum absolute atomic E-state index is 12.0. The molecule has 0 aliphatic carbocycles. The minimum absolute atomic E-state index is 0. The number of rotatable bonds is 11. The Bertz CT molecular complexity index is 1020. The van der Waals surface area contributed by atoms with Crippen LogP contribution in [0.2, 0.25) is 0 Å². The first-order valence-electron chi connectivity index (χ1n) is 11.5. The van der Waals surface area contributed by atoms with Gasteiger partial charge in [0.2, 0.25) is 5.91 Å². The zero-order valence-electron chi connectivity index (χ0n) is 19.7. The summed E-state index contributed by atoms with van der Waals surface area (Å²) in [6, 6.07) is 14.7.